The van der Waals surface area contributed by atoms with Crippen LogP contribution in [-0.4, -0.2) is 42.3 Å². The average Bonchev–Trinajstić information content (AvgIpc) is 3.12. The second-order valence-corrected chi connectivity index (χ2v) is 6.52. The molecule has 0 unspecified atom stereocenters. The third-order valence-corrected chi connectivity index (χ3v) is 4.40. The predicted octanol–water partition coefficient (Wildman–Crippen LogP) is 2.34. The molecule has 0 aromatic carbocycles. The number of aromatic nitrogens is 5. The summed E-state index contributed by atoms with van der Waals surface area (Å²) in [7, 11) is 1.89. The number of amides is 1. The standard InChI is InChI=1S/C16H24N6O/c1-10(2)14-9-12(20-21(14)4)16(23)22-8-6-5-7-13(22)15-17-11(3)18-19-15/h9-10,13H,5-8H2,1-4H3,(H,17,18,19)/t13-/m1/s1. The van der Waals surface area contributed by atoms with Crippen molar-refractivity contribution in [2.45, 2.75) is 52.0 Å². The Labute approximate surface area is 136 Å². The highest BCUT2D eigenvalue weighted by molar-refractivity contribution is 5.92. The van der Waals surface area contributed by atoms with Crippen molar-refractivity contribution in [1.29, 1.82) is 0 Å². The Kier molecular flexibility index (Phi) is 4.19. The third-order valence-electron chi connectivity index (χ3n) is 4.40. The molecule has 0 saturated carbocycles. The Bertz CT molecular complexity index is 701. The van der Waals surface area contributed by atoms with Gasteiger partial charge in [0.05, 0.1) is 6.04 Å². The van der Waals surface area contributed by atoms with Crippen molar-refractivity contribution in [1.82, 2.24) is 29.9 Å². The molecule has 2 aromatic rings. The molecule has 3 rings (SSSR count). The number of piperidine rings is 1. The molecule has 1 saturated heterocycles. The maximum atomic E-state index is 13.0. The van der Waals surface area contributed by atoms with Gasteiger partial charge in [-0.25, -0.2) is 4.98 Å². The molecule has 3 heterocycles. The van der Waals surface area contributed by atoms with E-state index in [0.29, 0.717) is 17.4 Å². The number of hydrogen-bond donors (Lipinski definition) is 1. The molecule has 1 N–H and O–H groups in total. The topological polar surface area (TPSA) is 79.7 Å². The van der Waals surface area contributed by atoms with Crippen LogP contribution in [-0.2, 0) is 7.05 Å². The fourth-order valence-corrected chi connectivity index (χ4v) is 3.23. The molecular formula is C16H24N6O. The van der Waals surface area contributed by atoms with Crippen LogP contribution in [0.5, 0.6) is 0 Å². The summed E-state index contributed by atoms with van der Waals surface area (Å²) in [6.07, 6.45) is 2.99. The summed E-state index contributed by atoms with van der Waals surface area (Å²) >= 11 is 0. The molecule has 0 spiro atoms. The fourth-order valence-electron chi connectivity index (χ4n) is 3.23. The lowest BCUT2D eigenvalue weighted by molar-refractivity contribution is 0.0593. The van der Waals surface area contributed by atoms with E-state index in [4.69, 9.17) is 0 Å². The summed E-state index contributed by atoms with van der Waals surface area (Å²) in [6.45, 7) is 6.81. The van der Waals surface area contributed by atoms with Crippen molar-refractivity contribution < 1.29 is 4.79 Å². The smallest absolute Gasteiger partial charge is 0.274 e. The predicted molar refractivity (Wildman–Crippen MR) is 86.0 cm³/mol. The molecular weight excluding hydrogens is 292 g/mol. The van der Waals surface area contributed by atoms with Gasteiger partial charge in [-0.05, 0) is 38.2 Å². The highest BCUT2D eigenvalue weighted by Crippen LogP contribution is 2.30. The lowest BCUT2D eigenvalue weighted by Crippen LogP contribution is -2.39. The van der Waals surface area contributed by atoms with Gasteiger partial charge >= 0.3 is 0 Å². The van der Waals surface area contributed by atoms with Crippen molar-refractivity contribution in [3.63, 3.8) is 0 Å². The number of aromatic amines is 1. The van der Waals surface area contributed by atoms with E-state index in [1.807, 2.05) is 24.9 Å². The summed E-state index contributed by atoms with van der Waals surface area (Å²) in [5, 5.41) is 11.6. The quantitative estimate of drug-likeness (QED) is 0.942. The molecule has 0 radical (unpaired) electrons. The summed E-state index contributed by atoms with van der Waals surface area (Å²) in [4.78, 5) is 19.3. The van der Waals surface area contributed by atoms with Crippen LogP contribution >= 0.6 is 0 Å². The van der Waals surface area contributed by atoms with Crippen LogP contribution < -0.4 is 0 Å². The van der Waals surface area contributed by atoms with E-state index in [9.17, 15) is 4.79 Å². The number of carbonyl (C=O) groups excluding carboxylic acids is 1. The van der Waals surface area contributed by atoms with E-state index in [-0.39, 0.29) is 11.9 Å². The molecule has 2 aromatic heterocycles. The molecule has 7 heteroatoms. The summed E-state index contributed by atoms with van der Waals surface area (Å²) in [6, 6.07) is 1.84. The van der Waals surface area contributed by atoms with Gasteiger partial charge < -0.3 is 4.90 Å². The monoisotopic (exact) mass is 316 g/mol. The van der Waals surface area contributed by atoms with Gasteiger partial charge in [0.2, 0.25) is 0 Å². The molecule has 1 amide bonds. The first-order chi connectivity index (χ1) is 11.0. The van der Waals surface area contributed by atoms with E-state index in [1.54, 1.807) is 4.68 Å². The number of hydrogen-bond acceptors (Lipinski definition) is 4. The zero-order valence-corrected chi connectivity index (χ0v) is 14.2. The maximum Gasteiger partial charge on any atom is 0.274 e. The molecule has 1 atom stereocenters. The van der Waals surface area contributed by atoms with Gasteiger partial charge in [-0.3, -0.25) is 14.6 Å². The molecule has 0 aliphatic carbocycles. The number of aryl methyl sites for hydroxylation is 2. The molecule has 7 nitrogen and oxygen atoms in total. The molecule has 1 fully saturated rings. The minimum absolute atomic E-state index is 0.0281. The van der Waals surface area contributed by atoms with E-state index in [1.165, 1.54) is 0 Å². The Morgan fingerprint density at radius 1 is 1.39 bits per heavy atom. The summed E-state index contributed by atoms with van der Waals surface area (Å²) < 4.78 is 1.80. The lowest BCUT2D eigenvalue weighted by Gasteiger charge is -2.33. The zero-order valence-electron chi connectivity index (χ0n) is 14.2. The summed E-state index contributed by atoms with van der Waals surface area (Å²) in [5.74, 6) is 1.79. The number of rotatable bonds is 3. The van der Waals surface area contributed by atoms with E-state index < -0.39 is 0 Å². The van der Waals surface area contributed by atoms with Crippen LogP contribution in [0.4, 0.5) is 0 Å². The lowest BCUT2D eigenvalue weighted by atomic mass is 10.0. The third kappa shape index (κ3) is 3.00. The van der Waals surface area contributed by atoms with Gasteiger partial charge in [-0.2, -0.15) is 10.2 Å². The second-order valence-electron chi connectivity index (χ2n) is 6.52. The molecule has 0 bridgehead atoms. The largest absolute Gasteiger partial charge is 0.327 e. The van der Waals surface area contributed by atoms with Crippen LogP contribution in [0, 0.1) is 6.92 Å². The van der Waals surface area contributed by atoms with Crippen LogP contribution in [0.3, 0.4) is 0 Å². The van der Waals surface area contributed by atoms with Crippen molar-refractivity contribution in [2.75, 3.05) is 6.54 Å². The van der Waals surface area contributed by atoms with E-state index >= 15 is 0 Å². The van der Waals surface area contributed by atoms with Crippen molar-refractivity contribution in [3.05, 3.63) is 29.1 Å². The first-order valence-corrected chi connectivity index (χ1v) is 8.21. The first-order valence-electron chi connectivity index (χ1n) is 8.21. The fraction of sp³-hybridized carbons (Fsp3) is 0.625. The minimum Gasteiger partial charge on any atom is -0.327 e. The number of nitrogens with zero attached hydrogens (tertiary/aromatic N) is 5. The summed E-state index contributed by atoms with van der Waals surface area (Å²) in [5.41, 5.74) is 1.58. The Balaban J connectivity index is 1.88. The highest BCUT2D eigenvalue weighted by Gasteiger charge is 2.32. The number of H-pyrrole nitrogens is 1. The van der Waals surface area contributed by atoms with Crippen LogP contribution in [0.25, 0.3) is 0 Å². The van der Waals surface area contributed by atoms with Crippen LogP contribution in [0.2, 0.25) is 0 Å². The van der Waals surface area contributed by atoms with E-state index in [2.05, 4.69) is 34.1 Å². The number of carbonyl (C=O) groups is 1. The minimum atomic E-state index is -0.0642. The SMILES string of the molecule is Cc1nc([C@H]2CCCCN2C(=O)c2cc(C(C)C)n(C)n2)n[nH]1. The number of nitrogens with one attached hydrogen (secondary N) is 1. The van der Waals surface area contributed by atoms with Crippen LogP contribution in [0.15, 0.2) is 6.07 Å². The van der Waals surface area contributed by atoms with Gasteiger partial charge in [0.25, 0.3) is 5.91 Å². The molecule has 124 valence electrons. The molecule has 1 aliphatic rings. The first kappa shape index (κ1) is 15.7. The van der Waals surface area contributed by atoms with E-state index in [0.717, 1.165) is 37.3 Å². The Morgan fingerprint density at radius 3 is 2.78 bits per heavy atom. The average molecular weight is 316 g/mol. The highest BCUT2D eigenvalue weighted by atomic mass is 16.2. The van der Waals surface area contributed by atoms with Crippen molar-refractivity contribution in [2.24, 2.45) is 7.05 Å². The van der Waals surface area contributed by atoms with Gasteiger partial charge in [0.15, 0.2) is 11.5 Å². The normalized spacial score (nSPS) is 18.7. The Hall–Kier alpha value is -2.18. The maximum absolute atomic E-state index is 13.0. The van der Waals surface area contributed by atoms with Crippen LogP contribution in [0.1, 0.15) is 72.9 Å². The van der Waals surface area contributed by atoms with Gasteiger partial charge in [-0.15, -0.1) is 0 Å². The van der Waals surface area contributed by atoms with Gasteiger partial charge in [-0.1, -0.05) is 13.8 Å². The Morgan fingerprint density at radius 2 is 2.17 bits per heavy atom. The van der Waals surface area contributed by atoms with Crippen molar-refractivity contribution in [3.8, 4) is 0 Å². The molecule has 1 aliphatic heterocycles. The zero-order chi connectivity index (χ0) is 16.6. The number of likely N-dealkylation sites (tertiary alicyclic amines) is 1. The molecule has 23 heavy (non-hydrogen) atoms. The second kappa shape index (κ2) is 6.14. The van der Waals surface area contributed by atoms with Gasteiger partial charge in [0, 0.05) is 19.3 Å². The van der Waals surface area contributed by atoms with Gasteiger partial charge in [0.1, 0.15) is 5.82 Å². The van der Waals surface area contributed by atoms with Crippen molar-refractivity contribution >= 4 is 5.91 Å².